The van der Waals surface area contributed by atoms with Gasteiger partial charge in [0, 0.05) is 55.3 Å². The maximum Gasteiger partial charge on any atom is 0.163 e. The summed E-state index contributed by atoms with van der Waals surface area (Å²) in [4.78, 5) is 14.9. The minimum absolute atomic E-state index is 0.556. The SMILES string of the molecule is C=C/C=C\CC.C=Cc1ccccc1/C=C\Cc1nc(-c2ccccc2)nc(-c2cccc(-c3ccc4oc5c(ccc6ccc7c(c8cccc9c%10ccccc%10n7c98)c65)c4c3)c2)n1.CC. The molecule has 4 aromatic heterocycles. The first-order valence-electron chi connectivity index (χ1n) is 23.1. The van der Waals surface area contributed by atoms with E-state index < -0.39 is 0 Å². The molecule has 0 radical (unpaired) electrons. The van der Waals surface area contributed by atoms with Crippen LogP contribution in [-0.2, 0) is 6.42 Å². The van der Waals surface area contributed by atoms with E-state index in [4.69, 9.17) is 19.4 Å². The molecule has 5 heteroatoms. The van der Waals surface area contributed by atoms with E-state index in [0.29, 0.717) is 23.9 Å². The van der Waals surface area contributed by atoms with Crippen LogP contribution < -0.4 is 0 Å². The molecule has 0 unspecified atom stereocenters. The highest BCUT2D eigenvalue weighted by molar-refractivity contribution is 6.33. The number of benzene rings is 8. The Morgan fingerprint density at radius 3 is 2.03 bits per heavy atom. The maximum absolute atomic E-state index is 6.83. The van der Waals surface area contributed by atoms with Crippen molar-refractivity contribution in [2.75, 3.05) is 0 Å². The molecular weight excluding hydrogens is 817 g/mol. The Morgan fingerprint density at radius 1 is 0.537 bits per heavy atom. The van der Waals surface area contributed by atoms with Crippen molar-refractivity contribution >= 4 is 83.0 Å². The molecule has 0 amide bonds. The fraction of sp³-hybridized carbons (Fsp3) is 0.0806. The monoisotopic (exact) mass is 866 g/mol. The minimum Gasteiger partial charge on any atom is -0.455 e. The van der Waals surface area contributed by atoms with E-state index in [0.717, 1.165) is 67.1 Å². The first kappa shape index (κ1) is 42.5. The maximum atomic E-state index is 6.83. The molecule has 0 bridgehead atoms. The summed E-state index contributed by atoms with van der Waals surface area (Å²) in [5.41, 5.74) is 11.7. The molecule has 4 heterocycles. The van der Waals surface area contributed by atoms with Gasteiger partial charge in [-0.2, -0.15) is 0 Å². The third-order valence-corrected chi connectivity index (χ3v) is 12.3. The Bertz CT molecular complexity index is 3830. The van der Waals surface area contributed by atoms with E-state index in [-0.39, 0.29) is 0 Å². The molecule has 0 N–H and O–H groups in total. The zero-order valence-corrected chi connectivity index (χ0v) is 38.1. The molecule has 8 aromatic carbocycles. The van der Waals surface area contributed by atoms with Gasteiger partial charge in [-0.05, 0) is 70.5 Å². The third-order valence-electron chi connectivity index (χ3n) is 12.3. The normalized spacial score (nSPS) is 11.6. The van der Waals surface area contributed by atoms with Crippen molar-refractivity contribution in [3.63, 3.8) is 0 Å². The second-order valence-electron chi connectivity index (χ2n) is 16.2. The Hall–Kier alpha value is -8.41. The van der Waals surface area contributed by atoms with Gasteiger partial charge in [-0.25, -0.2) is 15.0 Å². The summed E-state index contributed by atoms with van der Waals surface area (Å²) < 4.78 is 9.26. The predicted octanol–water partition coefficient (Wildman–Crippen LogP) is 17.1. The summed E-state index contributed by atoms with van der Waals surface area (Å²) in [5.74, 6) is 1.99. The summed E-state index contributed by atoms with van der Waals surface area (Å²) >= 11 is 0. The number of nitrogens with zero attached hydrogens (tertiary/aromatic N) is 4. The van der Waals surface area contributed by atoms with Gasteiger partial charge in [0.25, 0.3) is 0 Å². The van der Waals surface area contributed by atoms with Crippen LogP contribution in [0.3, 0.4) is 0 Å². The fourth-order valence-corrected chi connectivity index (χ4v) is 9.31. The lowest BCUT2D eigenvalue weighted by atomic mass is 9.98. The van der Waals surface area contributed by atoms with E-state index >= 15 is 0 Å². The number of para-hydroxylation sites is 2. The van der Waals surface area contributed by atoms with Crippen molar-refractivity contribution in [1.29, 1.82) is 0 Å². The molecular formula is C62H50N4O. The van der Waals surface area contributed by atoms with E-state index in [1.165, 1.54) is 43.5 Å². The van der Waals surface area contributed by atoms with Crippen molar-refractivity contribution in [2.24, 2.45) is 0 Å². The molecule has 0 aliphatic carbocycles. The molecule has 12 aromatic rings. The highest BCUT2D eigenvalue weighted by Gasteiger charge is 2.21. The average molecular weight is 867 g/mol. The Balaban J connectivity index is 0.000000611. The number of hydrogen-bond acceptors (Lipinski definition) is 4. The molecule has 0 spiro atoms. The molecule has 0 fully saturated rings. The summed E-state index contributed by atoms with van der Waals surface area (Å²) in [6, 6.07) is 57.6. The van der Waals surface area contributed by atoms with Crippen molar-refractivity contribution in [2.45, 2.75) is 33.6 Å². The summed E-state index contributed by atoms with van der Waals surface area (Å²) in [5, 5.41) is 9.54. The molecule has 0 aliphatic rings. The minimum atomic E-state index is 0.556. The molecule has 0 saturated heterocycles. The van der Waals surface area contributed by atoms with E-state index in [2.05, 4.69) is 164 Å². The van der Waals surface area contributed by atoms with Gasteiger partial charge >= 0.3 is 0 Å². The van der Waals surface area contributed by atoms with Crippen LogP contribution in [0, 0.1) is 0 Å². The Labute approximate surface area is 390 Å². The number of fused-ring (bicyclic) bond motifs is 12. The number of rotatable bonds is 9. The molecule has 324 valence electrons. The smallest absolute Gasteiger partial charge is 0.163 e. The topological polar surface area (TPSA) is 56.2 Å². The first-order valence-corrected chi connectivity index (χ1v) is 23.1. The number of furan rings is 1. The second-order valence-corrected chi connectivity index (χ2v) is 16.2. The second kappa shape index (κ2) is 18.6. The third kappa shape index (κ3) is 7.74. The summed E-state index contributed by atoms with van der Waals surface area (Å²) in [6.07, 6.45) is 13.5. The van der Waals surface area contributed by atoms with E-state index in [9.17, 15) is 0 Å². The number of hydrogen-bond donors (Lipinski definition) is 0. The van der Waals surface area contributed by atoms with Gasteiger partial charge in [0.1, 0.15) is 17.0 Å². The molecule has 67 heavy (non-hydrogen) atoms. The lowest BCUT2D eigenvalue weighted by Gasteiger charge is -2.09. The van der Waals surface area contributed by atoms with Crippen molar-refractivity contribution in [1.82, 2.24) is 19.4 Å². The van der Waals surface area contributed by atoms with Crippen LogP contribution in [0.4, 0.5) is 0 Å². The van der Waals surface area contributed by atoms with Gasteiger partial charge in [0.2, 0.25) is 0 Å². The van der Waals surface area contributed by atoms with Crippen LogP contribution in [0.15, 0.2) is 206 Å². The van der Waals surface area contributed by atoms with Crippen molar-refractivity contribution < 1.29 is 4.42 Å². The Morgan fingerprint density at radius 2 is 1.22 bits per heavy atom. The highest BCUT2D eigenvalue weighted by atomic mass is 16.3. The number of aromatic nitrogens is 4. The molecule has 0 aliphatic heterocycles. The van der Waals surface area contributed by atoms with Crippen LogP contribution in [0.25, 0.3) is 117 Å². The van der Waals surface area contributed by atoms with Crippen LogP contribution in [0.1, 0.15) is 44.1 Å². The summed E-state index contributed by atoms with van der Waals surface area (Å²) in [6.45, 7) is 13.6. The van der Waals surface area contributed by atoms with E-state index in [1.807, 2.05) is 68.5 Å². The van der Waals surface area contributed by atoms with Crippen molar-refractivity contribution in [3.05, 3.63) is 218 Å². The van der Waals surface area contributed by atoms with E-state index in [1.54, 1.807) is 6.08 Å². The molecule has 5 nitrogen and oxygen atoms in total. The largest absolute Gasteiger partial charge is 0.455 e. The van der Waals surface area contributed by atoms with Crippen LogP contribution >= 0.6 is 0 Å². The first-order chi connectivity index (χ1) is 33.1. The molecule has 12 rings (SSSR count). The fourth-order valence-electron chi connectivity index (χ4n) is 9.31. The van der Waals surface area contributed by atoms with Gasteiger partial charge in [-0.15, -0.1) is 0 Å². The molecule has 0 saturated carbocycles. The Kier molecular flexibility index (Phi) is 11.8. The quantitative estimate of drug-likeness (QED) is 0.136. The standard InChI is InChI=1S/C54H34N4O.C6H10.C2H6/c1-2-33-13-6-7-14-34(33)17-11-24-48-55-53(36-15-4-3-5-16-36)57-54(56-48)39-19-10-18-37(31-39)38-27-30-47-44(32-38)42-28-25-35-26-29-46-50(49(35)52(42)59-47)43-22-12-21-41-40-20-8-9-23-45(40)58(46)51(41)43;1-3-5-6-4-2;1-2/h2-23,25-32H,1,24H2;3,5-6H,1,4H2,2H3;1-2H3/b17-11-;6-5-;. The van der Waals surface area contributed by atoms with Crippen molar-refractivity contribution in [3.8, 4) is 33.9 Å². The molecule has 0 atom stereocenters. The van der Waals surface area contributed by atoms with Gasteiger partial charge in [0.05, 0.1) is 16.6 Å². The van der Waals surface area contributed by atoms with Gasteiger partial charge in [-0.3, -0.25) is 0 Å². The average Bonchev–Trinajstić information content (AvgIpc) is 4.06. The van der Waals surface area contributed by atoms with Crippen LogP contribution in [-0.4, -0.2) is 19.4 Å². The lowest BCUT2D eigenvalue weighted by molar-refractivity contribution is 0.673. The van der Waals surface area contributed by atoms with Gasteiger partial charge in [-0.1, -0.05) is 198 Å². The lowest BCUT2D eigenvalue weighted by Crippen LogP contribution is -2.02. The zero-order chi connectivity index (χ0) is 45.9. The van der Waals surface area contributed by atoms with Crippen LogP contribution in [0.5, 0.6) is 0 Å². The number of allylic oxidation sites excluding steroid dienone is 4. The highest BCUT2D eigenvalue weighted by Crippen LogP contribution is 2.45. The van der Waals surface area contributed by atoms with Gasteiger partial charge in [0.15, 0.2) is 11.6 Å². The van der Waals surface area contributed by atoms with Crippen LogP contribution in [0.2, 0.25) is 0 Å². The predicted molar refractivity (Wildman–Crippen MR) is 286 cm³/mol. The van der Waals surface area contributed by atoms with Gasteiger partial charge < -0.3 is 8.82 Å². The zero-order valence-electron chi connectivity index (χ0n) is 38.1. The summed E-state index contributed by atoms with van der Waals surface area (Å²) in [7, 11) is 0.